The largest absolute Gasteiger partial charge is 0.481 e. The van der Waals surface area contributed by atoms with Gasteiger partial charge in [0.1, 0.15) is 5.56 Å². The predicted octanol–water partition coefficient (Wildman–Crippen LogP) is 2.71. The molecule has 0 unspecified atom stereocenters. The van der Waals surface area contributed by atoms with Crippen LogP contribution >= 0.6 is 0 Å². The van der Waals surface area contributed by atoms with E-state index < -0.39 is 17.4 Å². The molecule has 1 heterocycles. The van der Waals surface area contributed by atoms with E-state index in [9.17, 15) is 14.4 Å². The number of carboxylic acids is 1. The highest BCUT2D eigenvalue weighted by Gasteiger charge is 2.24. The van der Waals surface area contributed by atoms with Gasteiger partial charge in [0.15, 0.2) is 0 Å². The average Bonchev–Trinajstić information content (AvgIpc) is 2.73. The molecule has 0 saturated heterocycles. The van der Waals surface area contributed by atoms with E-state index in [1.165, 1.54) is 7.05 Å². The maximum Gasteiger partial charge on any atom is 0.303 e. The van der Waals surface area contributed by atoms with Crippen LogP contribution in [0.15, 0.2) is 65.5 Å². The molecule has 3 aromatic rings. The lowest BCUT2D eigenvalue weighted by Crippen LogP contribution is -2.35. The summed E-state index contributed by atoms with van der Waals surface area (Å²) in [4.78, 5) is 36.5. The van der Waals surface area contributed by atoms with Gasteiger partial charge in [-0.25, -0.2) is 4.68 Å². The number of aromatic nitrogens is 2. The fourth-order valence-electron chi connectivity index (χ4n) is 3.06. The second-order valence-corrected chi connectivity index (χ2v) is 6.51. The normalized spacial score (nSPS) is 10.5. The molecule has 0 aliphatic carbocycles. The van der Waals surface area contributed by atoms with Crippen LogP contribution in [0.25, 0.3) is 22.4 Å². The Morgan fingerprint density at radius 2 is 1.59 bits per heavy atom. The molecule has 148 valence electrons. The molecule has 0 aliphatic heterocycles. The molecule has 29 heavy (non-hydrogen) atoms. The van der Waals surface area contributed by atoms with E-state index in [-0.39, 0.29) is 24.9 Å². The van der Waals surface area contributed by atoms with Gasteiger partial charge in [-0.3, -0.25) is 14.4 Å². The summed E-state index contributed by atoms with van der Waals surface area (Å²) >= 11 is 0. The molecule has 0 atom stereocenters. The first kappa shape index (κ1) is 20.0. The van der Waals surface area contributed by atoms with Crippen molar-refractivity contribution in [2.45, 2.75) is 12.8 Å². The van der Waals surface area contributed by atoms with E-state index >= 15 is 0 Å². The van der Waals surface area contributed by atoms with Crippen molar-refractivity contribution in [3.8, 4) is 22.4 Å². The van der Waals surface area contributed by atoms with Gasteiger partial charge < -0.3 is 10.4 Å². The summed E-state index contributed by atoms with van der Waals surface area (Å²) in [6, 6.07) is 18.5. The lowest BCUT2D eigenvalue weighted by molar-refractivity contribution is -0.137. The third-order valence-corrected chi connectivity index (χ3v) is 4.43. The molecule has 1 amide bonds. The van der Waals surface area contributed by atoms with Crippen LogP contribution in [0.2, 0.25) is 0 Å². The summed E-state index contributed by atoms with van der Waals surface area (Å²) < 4.78 is 1.15. The van der Waals surface area contributed by atoms with Crippen LogP contribution < -0.4 is 10.9 Å². The molecule has 0 radical (unpaired) electrons. The van der Waals surface area contributed by atoms with Crippen molar-refractivity contribution in [1.29, 1.82) is 0 Å². The molecular formula is C22H21N3O4. The number of hydrogen-bond donors (Lipinski definition) is 2. The molecule has 1 aromatic heterocycles. The molecule has 0 saturated carbocycles. The molecular weight excluding hydrogens is 370 g/mol. The molecule has 7 heteroatoms. The van der Waals surface area contributed by atoms with Gasteiger partial charge in [-0.15, -0.1) is 0 Å². The van der Waals surface area contributed by atoms with Crippen LogP contribution in [0.4, 0.5) is 0 Å². The Labute approximate surface area is 167 Å². The molecule has 0 fully saturated rings. The first-order valence-corrected chi connectivity index (χ1v) is 9.21. The summed E-state index contributed by atoms with van der Waals surface area (Å²) in [6.45, 7) is 0.158. The van der Waals surface area contributed by atoms with E-state index in [1.54, 1.807) is 0 Å². The standard InChI is InChI=1S/C22H21N3O4/c1-25-22(29)19(21(28)23-14-8-13-17(26)27)18(15-9-4-2-5-10-15)20(24-25)16-11-6-3-7-12-16/h2-7,9-12H,8,13-14H2,1H3,(H,23,28)(H,26,27). The van der Waals surface area contributed by atoms with Crippen molar-refractivity contribution in [3.63, 3.8) is 0 Å². The maximum absolute atomic E-state index is 12.9. The number of carbonyl (C=O) groups is 2. The third kappa shape index (κ3) is 4.57. The number of rotatable bonds is 7. The zero-order valence-corrected chi connectivity index (χ0v) is 16.0. The molecule has 2 aromatic carbocycles. The third-order valence-electron chi connectivity index (χ3n) is 4.43. The Hall–Kier alpha value is -3.74. The minimum atomic E-state index is -0.935. The lowest BCUT2D eigenvalue weighted by Gasteiger charge is -2.16. The molecule has 2 N–H and O–H groups in total. The predicted molar refractivity (Wildman–Crippen MR) is 110 cm³/mol. The number of aliphatic carboxylic acids is 1. The Balaban J connectivity index is 2.14. The van der Waals surface area contributed by atoms with E-state index in [0.717, 1.165) is 10.2 Å². The summed E-state index contributed by atoms with van der Waals surface area (Å²) in [5, 5.41) is 15.9. The Morgan fingerprint density at radius 1 is 1.00 bits per heavy atom. The quantitative estimate of drug-likeness (QED) is 0.603. The highest BCUT2D eigenvalue weighted by atomic mass is 16.4. The molecule has 0 aliphatic rings. The topological polar surface area (TPSA) is 101 Å². The number of nitrogens with one attached hydrogen (secondary N) is 1. The minimum absolute atomic E-state index is 0.0112. The summed E-state index contributed by atoms with van der Waals surface area (Å²) in [5.41, 5.74) is 1.93. The van der Waals surface area contributed by atoms with E-state index in [4.69, 9.17) is 5.11 Å². The number of hydrogen-bond acceptors (Lipinski definition) is 4. The maximum atomic E-state index is 12.9. The number of nitrogens with zero attached hydrogens (tertiary/aromatic N) is 2. The summed E-state index contributed by atoms with van der Waals surface area (Å²) in [5.74, 6) is -1.48. The van der Waals surface area contributed by atoms with Crippen molar-refractivity contribution in [3.05, 3.63) is 76.6 Å². The lowest BCUT2D eigenvalue weighted by atomic mass is 9.95. The molecule has 0 spiro atoms. The zero-order chi connectivity index (χ0) is 20.8. The van der Waals surface area contributed by atoms with Gasteiger partial charge in [-0.1, -0.05) is 60.7 Å². The van der Waals surface area contributed by atoms with Crippen LogP contribution in [0.1, 0.15) is 23.2 Å². The second-order valence-electron chi connectivity index (χ2n) is 6.51. The van der Waals surface area contributed by atoms with Crippen LogP contribution in [-0.4, -0.2) is 33.3 Å². The minimum Gasteiger partial charge on any atom is -0.481 e. The van der Waals surface area contributed by atoms with E-state index in [1.807, 2.05) is 60.7 Å². The van der Waals surface area contributed by atoms with Crippen molar-refractivity contribution in [2.24, 2.45) is 7.05 Å². The van der Waals surface area contributed by atoms with Gasteiger partial charge in [0.25, 0.3) is 11.5 Å². The van der Waals surface area contributed by atoms with Gasteiger partial charge in [0.05, 0.1) is 5.69 Å². The van der Waals surface area contributed by atoms with Crippen molar-refractivity contribution in [2.75, 3.05) is 6.54 Å². The van der Waals surface area contributed by atoms with Gasteiger partial charge >= 0.3 is 5.97 Å². The van der Waals surface area contributed by atoms with Crippen LogP contribution in [0.5, 0.6) is 0 Å². The first-order valence-electron chi connectivity index (χ1n) is 9.21. The molecule has 0 bridgehead atoms. The van der Waals surface area contributed by atoms with Crippen molar-refractivity contribution >= 4 is 11.9 Å². The smallest absolute Gasteiger partial charge is 0.303 e. The summed E-state index contributed by atoms with van der Waals surface area (Å²) in [7, 11) is 1.50. The molecule has 3 rings (SSSR count). The number of carboxylic acid groups (broad SMARTS) is 1. The van der Waals surface area contributed by atoms with Crippen molar-refractivity contribution < 1.29 is 14.7 Å². The Bertz CT molecular complexity index is 1080. The van der Waals surface area contributed by atoms with Gasteiger partial charge in [-0.05, 0) is 12.0 Å². The fraction of sp³-hybridized carbons (Fsp3) is 0.182. The van der Waals surface area contributed by atoms with E-state index in [2.05, 4.69) is 10.4 Å². The zero-order valence-electron chi connectivity index (χ0n) is 16.0. The van der Waals surface area contributed by atoms with Gasteiger partial charge in [0.2, 0.25) is 0 Å². The Morgan fingerprint density at radius 3 is 2.17 bits per heavy atom. The van der Waals surface area contributed by atoms with Gasteiger partial charge in [-0.2, -0.15) is 5.10 Å². The number of aryl methyl sites for hydroxylation is 1. The number of carbonyl (C=O) groups excluding carboxylic acids is 1. The monoisotopic (exact) mass is 391 g/mol. The second kappa shape index (κ2) is 8.97. The fourth-order valence-corrected chi connectivity index (χ4v) is 3.06. The van der Waals surface area contributed by atoms with Crippen LogP contribution in [0.3, 0.4) is 0 Å². The van der Waals surface area contributed by atoms with Crippen molar-refractivity contribution in [1.82, 2.24) is 15.1 Å². The number of amides is 1. The first-order chi connectivity index (χ1) is 14.0. The number of benzene rings is 2. The van der Waals surface area contributed by atoms with Crippen LogP contribution in [0, 0.1) is 0 Å². The highest BCUT2D eigenvalue weighted by Crippen LogP contribution is 2.31. The summed E-state index contributed by atoms with van der Waals surface area (Å²) in [6.07, 6.45) is 0.216. The van der Waals surface area contributed by atoms with Crippen LogP contribution in [-0.2, 0) is 11.8 Å². The highest BCUT2D eigenvalue weighted by molar-refractivity contribution is 6.03. The SMILES string of the molecule is Cn1nc(-c2ccccc2)c(-c2ccccc2)c(C(=O)NCCCC(=O)O)c1=O. The van der Waals surface area contributed by atoms with Gasteiger partial charge in [0, 0.05) is 31.1 Å². The van der Waals surface area contributed by atoms with E-state index in [0.29, 0.717) is 16.8 Å². The molecule has 7 nitrogen and oxygen atoms in total. The average molecular weight is 391 g/mol. The Kier molecular flexibility index (Phi) is 6.19.